The molecule has 2 aliphatic rings. The van der Waals surface area contributed by atoms with Crippen molar-refractivity contribution in [3.05, 3.63) is 18.0 Å². The van der Waals surface area contributed by atoms with E-state index in [4.69, 9.17) is 5.14 Å². The van der Waals surface area contributed by atoms with Crippen molar-refractivity contribution in [1.82, 2.24) is 9.88 Å². The van der Waals surface area contributed by atoms with Crippen molar-refractivity contribution in [3.63, 3.8) is 0 Å². The van der Waals surface area contributed by atoms with Gasteiger partial charge in [0, 0.05) is 18.3 Å². The average Bonchev–Trinajstić information content (AvgIpc) is 2.94. The van der Waals surface area contributed by atoms with Gasteiger partial charge in [0.25, 0.3) is 5.91 Å². The first-order valence-corrected chi connectivity index (χ1v) is 9.05. The molecule has 1 aromatic heterocycles. The smallest absolute Gasteiger partial charge is 0.268 e. The lowest BCUT2D eigenvalue weighted by Crippen LogP contribution is -2.34. The Bertz CT molecular complexity index is 640. The molecule has 1 amide bonds. The van der Waals surface area contributed by atoms with Crippen LogP contribution in [-0.2, 0) is 10.0 Å². The zero-order chi connectivity index (χ0) is 15.0. The van der Waals surface area contributed by atoms with Gasteiger partial charge in [0.2, 0.25) is 10.0 Å². The summed E-state index contributed by atoms with van der Waals surface area (Å²) in [6.45, 7) is 0. The quantitative estimate of drug-likeness (QED) is 0.883. The van der Waals surface area contributed by atoms with Crippen molar-refractivity contribution < 1.29 is 13.2 Å². The van der Waals surface area contributed by atoms with E-state index in [0.29, 0.717) is 5.69 Å². The number of hydrogen-bond donors (Lipinski definition) is 2. The maximum Gasteiger partial charge on any atom is 0.268 e. The number of amides is 1. The summed E-state index contributed by atoms with van der Waals surface area (Å²) in [5.41, 5.74) is 0.413. The molecule has 2 fully saturated rings. The molecule has 0 unspecified atom stereocenters. The van der Waals surface area contributed by atoms with Gasteiger partial charge in [-0.3, -0.25) is 4.79 Å². The summed E-state index contributed by atoms with van der Waals surface area (Å²) >= 11 is 0. The Labute approximate surface area is 124 Å². The second-order valence-corrected chi connectivity index (χ2v) is 7.61. The maximum atomic E-state index is 12.4. The van der Waals surface area contributed by atoms with E-state index in [1.807, 2.05) is 0 Å². The van der Waals surface area contributed by atoms with Crippen LogP contribution < -0.4 is 10.5 Å². The van der Waals surface area contributed by atoms with Crippen LogP contribution in [0.2, 0.25) is 0 Å². The molecule has 0 radical (unpaired) electrons. The standard InChI is InChI=1S/C14H21N3O3S/c15-21(19,20)12-8-13(17(9-12)11-6-3-7-11)14(18)16-10-4-1-2-5-10/h8-11H,1-7H2,(H,16,18)(H2,15,19,20). The number of nitrogens with two attached hydrogens (primary N) is 1. The predicted octanol–water partition coefficient (Wildman–Crippen LogP) is 1.53. The van der Waals surface area contributed by atoms with E-state index >= 15 is 0 Å². The molecular weight excluding hydrogens is 290 g/mol. The van der Waals surface area contributed by atoms with Crippen molar-refractivity contribution in [2.75, 3.05) is 0 Å². The van der Waals surface area contributed by atoms with Gasteiger partial charge in [-0.05, 0) is 38.2 Å². The Hall–Kier alpha value is -1.34. The summed E-state index contributed by atoms with van der Waals surface area (Å²) in [6, 6.07) is 1.82. The van der Waals surface area contributed by atoms with Crippen molar-refractivity contribution >= 4 is 15.9 Å². The molecule has 0 spiro atoms. The van der Waals surface area contributed by atoms with Crippen molar-refractivity contribution in [1.29, 1.82) is 0 Å². The molecule has 3 rings (SSSR count). The zero-order valence-corrected chi connectivity index (χ0v) is 12.7. The highest BCUT2D eigenvalue weighted by Crippen LogP contribution is 2.34. The highest BCUT2D eigenvalue weighted by Gasteiger charge is 2.28. The first kappa shape index (κ1) is 14.6. The van der Waals surface area contributed by atoms with E-state index in [-0.39, 0.29) is 22.9 Å². The normalized spacial score (nSPS) is 20.4. The molecule has 2 aliphatic carbocycles. The van der Waals surface area contributed by atoms with Crippen molar-refractivity contribution in [3.8, 4) is 0 Å². The third-order valence-electron chi connectivity index (χ3n) is 4.54. The van der Waals surface area contributed by atoms with Crippen LogP contribution in [0, 0.1) is 0 Å². The van der Waals surface area contributed by atoms with Gasteiger partial charge in [-0.1, -0.05) is 12.8 Å². The Morgan fingerprint density at radius 3 is 2.38 bits per heavy atom. The summed E-state index contributed by atoms with van der Waals surface area (Å²) in [5.74, 6) is -0.191. The van der Waals surface area contributed by atoms with Gasteiger partial charge in [-0.2, -0.15) is 0 Å². The van der Waals surface area contributed by atoms with Crippen LogP contribution in [0.1, 0.15) is 61.5 Å². The minimum atomic E-state index is -3.78. The van der Waals surface area contributed by atoms with E-state index in [0.717, 1.165) is 44.9 Å². The van der Waals surface area contributed by atoms with Crippen LogP contribution in [0.25, 0.3) is 0 Å². The molecule has 1 heterocycles. The Morgan fingerprint density at radius 1 is 1.19 bits per heavy atom. The monoisotopic (exact) mass is 311 g/mol. The first-order chi connectivity index (χ1) is 9.95. The minimum absolute atomic E-state index is 0.0194. The van der Waals surface area contributed by atoms with Gasteiger partial charge in [-0.25, -0.2) is 13.6 Å². The Kier molecular flexibility index (Phi) is 3.79. The summed E-state index contributed by atoms with van der Waals surface area (Å²) in [4.78, 5) is 12.5. The molecule has 7 heteroatoms. The molecule has 2 saturated carbocycles. The van der Waals surface area contributed by atoms with Crippen LogP contribution in [0.4, 0.5) is 0 Å². The molecule has 0 aliphatic heterocycles. The maximum absolute atomic E-state index is 12.4. The lowest BCUT2D eigenvalue weighted by molar-refractivity contribution is 0.0922. The molecular formula is C14H21N3O3S. The summed E-state index contributed by atoms with van der Waals surface area (Å²) in [5, 5.41) is 8.20. The minimum Gasteiger partial charge on any atom is -0.348 e. The molecule has 0 aromatic carbocycles. The molecule has 0 saturated heterocycles. The second-order valence-electron chi connectivity index (χ2n) is 6.05. The summed E-state index contributed by atoms with van der Waals surface area (Å²) < 4.78 is 24.8. The Balaban J connectivity index is 1.87. The number of nitrogens with zero attached hydrogens (tertiary/aromatic N) is 1. The number of hydrogen-bond acceptors (Lipinski definition) is 3. The lowest BCUT2D eigenvalue weighted by Gasteiger charge is -2.29. The van der Waals surface area contributed by atoms with Gasteiger partial charge >= 0.3 is 0 Å². The fourth-order valence-electron chi connectivity index (χ4n) is 3.09. The van der Waals surface area contributed by atoms with Crippen LogP contribution in [0.5, 0.6) is 0 Å². The van der Waals surface area contributed by atoms with Gasteiger partial charge in [0.1, 0.15) is 10.6 Å². The number of sulfonamides is 1. The number of carbonyl (C=O) groups excluding carboxylic acids is 1. The molecule has 0 atom stereocenters. The average molecular weight is 311 g/mol. The molecule has 21 heavy (non-hydrogen) atoms. The predicted molar refractivity (Wildman–Crippen MR) is 78.4 cm³/mol. The van der Waals surface area contributed by atoms with Gasteiger partial charge < -0.3 is 9.88 Å². The zero-order valence-electron chi connectivity index (χ0n) is 11.9. The third-order valence-corrected chi connectivity index (χ3v) is 5.42. The summed E-state index contributed by atoms with van der Waals surface area (Å²) in [6.07, 6.45) is 8.83. The van der Waals surface area contributed by atoms with Crippen LogP contribution in [0.15, 0.2) is 17.2 Å². The van der Waals surface area contributed by atoms with E-state index in [2.05, 4.69) is 5.32 Å². The van der Waals surface area contributed by atoms with Gasteiger partial charge in [0.05, 0.1) is 0 Å². The van der Waals surface area contributed by atoms with Crippen LogP contribution >= 0.6 is 0 Å². The number of rotatable bonds is 4. The molecule has 6 nitrogen and oxygen atoms in total. The molecule has 3 N–H and O–H groups in total. The van der Waals surface area contributed by atoms with E-state index in [1.54, 1.807) is 4.57 Å². The van der Waals surface area contributed by atoms with E-state index in [9.17, 15) is 13.2 Å². The highest BCUT2D eigenvalue weighted by molar-refractivity contribution is 7.89. The van der Waals surface area contributed by atoms with Crippen molar-refractivity contribution in [2.24, 2.45) is 5.14 Å². The van der Waals surface area contributed by atoms with E-state index in [1.165, 1.54) is 12.3 Å². The van der Waals surface area contributed by atoms with Crippen LogP contribution in [-0.4, -0.2) is 24.9 Å². The number of carbonyl (C=O) groups is 1. The van der Waals surface area contributed by atoms with Crippen LogP contribution in [0.3, 0.4) is 0 Å². The largest absolute Gasteiger partial charge is 0.348 e. The number of primary sulfonamides is 1. The van der Waals surface area contributed by atoms with Gasteiger partial charge in [0.15, 0.2) is 0 Å². The topological polar surface area (TPSA) is 94.2 Å². The third kappa shape index (κ3) is 2.98. The molecule has 1 aromatic rings. The molecule has 0 bridgehead atoms. The highest BCUT2D eigenvalue weighted by atomic mass is 32.2. The van der Waals surface area contributed by atoms with E-state index < -0.39 is 10.0 Å². The first-order valence-electron chi connectivity index (χ1n) is 7.50. The molecule has 116 valence electrons. The fraction of sp³-hybridized carbons (Fsp3) is 0.643. The second kappa shape index (κ2) is 5.46. The van der Waals surface area contributed by atoms with Gasteiger partial charge in [-0.15, -0.1) is 0 Å². The SMILES string of the molecule is NS(=O)(=O)c1cc(C(=O)NC2CCCC2)n(C2CCC2)c1. The number of aromatic nitrogens is 1. The lowest BCUT2D eigenvalue weighted by atomic mass is 9.93. The van der Waals surface area contributed by atoms with Crippen molar-refractivity contribution in [2.45, 2.75) is 61.9 Å². The summed E-state index contributed by atoms with van der Waals surface area (Å²) in [7, 11) is -3.78. The number of nitrogens with one attached hydrogen (secondary N) is 1. The fourth-order valence-corrected chi connectivity index (χ4v) is 3.62. The Morgan fingerprint density at radius 2 is 1.86 bits per heavy atom.